The Morgan fingerprint density at radius 3 is 2.58 bits per heavy atom. The molecule has 1 fully saturated rings. The number of rotatable bonds is 3. The SMILES string of the molecule is Cc1c(Br)c2ccccc2n1CC(=O)NNC(=O)C(=O)NC1CC1. The van der Waals surface area contributed by atoms with Gasteiger partial charge in [-0.25, -0.2) is 0 Å². The van der Waals surface area contributed by atoms with Crippen molar-refractivity contribution in [2.45, 2.75) is 32.4 Å². The van der Waals surface area contributed by atoms with Crippen LogP contribution in [0, 0.1) is 6.92 Å². The number of nitrogens with zero attached hydrogens (tertiary/aromatic N) is 1. The molecule has 1 aromatic heterocycles. The van der Waals surface area contributed by atoms with E-state index >= 15 is 0 Å². The van der Waals surface area contributed by atoms with Crippen LogP contribution in [-0.4, -0.2) is 28.3 Å². The van der Waals surface area contributed by atoms with Crippen molar-refractivity contribution in [2.75, 3.05) is 0 Å². The zero-order valence-corrected chi connectivity index (χ0v) is 14.6. The smallest absolute Gasteiger partial charge is 0.327 e. The van der Waals surface area contributed by atoms with Crippen LogP contribution in [0.4, 0.5) is 0 Å². The molecule has 3 N–H and O–H groups in total. The van der Waals surface area contributed by atoms with Gasteiger partial charge < -0.3 is 9.88 Å². The number of nitrogens with one attached hydrogen (secondary N) is 3. The second-order valence-corrected chi connectivity index (χ2v) is 6.55. The van der Waals surface area contributed by atoms with Gasteiger partial charge in [0.1, 0.15) is 6.54 Å². The summed E-state index contributed by atoms with van der Waals surface area (Å²) >= 11 is 3.53. The van der Waals surface area contributed by atoms with Crippen LogP contribution in [0.1, 0.15) is 18.5 Å². The van der Waals surface area contributed by atoms with E-state index in [-0.39, 0.29) is 12.6 Å². The molecular weight excluding hydrogens is 376 g/mol. The third-order valence-electron chi connectivity index (χ3n) is 3.89. The van der Waals surface area contributed by atoms with Crippen LogP contribution in [-0.2, 0) is 20.9 Å². The molecule has 1 heterocycles. The van der Waals surface area contributed by atoms with Crippen LogP contribution in [0.25, 0.3) is 10.9 Å². The summed E-state index contributed by atoms with van der Waals surface area (Å²) in [5.41, 5.74) is 6.22. The summed E-state index contributed by atoms with van der Waals surface area (Å²) < 4.78 is 2.77. The Bertz CT molecular complexity index is 826. The van der Waals surface area contributed by atoms with Crippen molar-refractivity contribution < 1.29 is 14.4 Å². The molecule has 0 unspecified atom stereocenters. The largest absolute Gasteiger partial charge is 0.345 e. The van der Waals surface area contributed by atoms with Crippen LogP contribution in [0.2, 0.25) is 0 Å². The topological polar surface area (TPSA) is 92.2 Å². The van der Waals surface area contributed by atoms with Crippen molar-refractivity contribution in [3.8, 4) is 0 Å². The van der Waals surface area contributed by atoms with Crippen molar-refractivity contribution in [2.24, 2.45) is 0 Å². The van der Waals surface area contributed by atoms with E-state index in [0.29, 0.717) is 0 Å². The molecule has 7 nitrogen and oxygen atoms in total. The monoisotopic (exact) mass is 392 g/mol. The summed E-state index contributed by atoms with van der Waals surface area (Å²) in [4.78, 5) is 35.2. The highest BCUT2D eigenvalue weighted by molar-refractivity contribution is 9.10. The first-order valence-corrected chi connectivity index (χ1v) is 8.39. The number of hydrogen-bond donors (Lipinski definition) is 3. The van der Waals surface area contributed by atoms with Crippen LogP contribution in [0.5, 0.6) is 0 Å². The molecule has 0 spiro atoms. The van der Waals surface area contributed by atoms with Gasteiger partial charge >= 0.3 is 11.8 Å². The van der Waals surface area contributed by atoms with E-state index in [0.717, 1.165) is 33.9 Å². The third-order valence-corrected chi connectivity index (χ3v) is 4.89. The van der Waals surface area contributed by atoms with E-state index in [4.69, 9.17) is 0 Å². The summed E-state index contributed by atoms with van der Waals surface area (Å²) in [6, 6.07) is 7.79. The van der Waals surface area contributed by atoms with Gasteiger partial charge in [-0.15, -0.1) is 0 Å². The number of carbonyl (C=O) groups is 3. The second kappa shape index (κ2) is 6.64. The lowest BCUT2D eigenvalue weighted by molar-refractivity contribution is -0.141. The van der Waals surface area contributed by atoms with Gasteiger partial charge in [-0.2, -0.15) is 0 Å². The number of para-hydroxylation sites is 1. The van der Waals surface area contributed by atoms with Gasteiger partial charge in [0.25, 0.3) is 5.91 Å². The first-order chi connectivity index (χ1) is 11.5. The number of halogens is 1. The van der Waals surface area contributed by atoms with E-state index in [9.17, 15) is 14.4 Å². The van der Waals surface area contributed by atoms with Crippen molar-refractivity contribution in [1.82, 2.24) is 20.7 Å². The molecule has 8 heteroatoms. The predicted octanol–water partition coefficient (Wildman–Crippen LogP) is 1.14. The minimum absolute atomic E-state index is 0.0302. The Balaban J connectivity index is 1.62. The van der Waals surface area contributed by atoms with E-state index in [2.05, 4.69) is 32.1 Å². The Labute approximate surface area is 146 Å². The van der Waals surface area contributed by atoms with Gasteiger partial charge in [-0.1, -0.05) is 18.2 Å². The van der Waals surface area contributed by atoms with Crippen molar-refractivity contribution in [3.05, 3.63) is 34.4 Å². The van der Waals surface area contributed by atoms with Gasteiger partial charge in [0.05, 0.1) is 0 Å². The van der Waals surface area contributed by atoms with Gasteiger partial charge in [-0.3, -0.25) is 25.2 Å². The molecule has 1 aliphatic rings. The Morgan fingerprint density at radius 2 is 1.88 bits per heavy atom. The molecule has 0 aliphatic heterocycles. The lowest BCUT2D eigenvalue weighted by atomic mass is 10.2. The molecule has 24 heavy (non-hydrogen) atoms. The highest BCUT2D eigenvalue weighted by Gasteiger charge is 2.26. The lowest BCUT2D eigenvalue weighted by Crippen LogP contribution is -2.49. The summed E-state index contributed by atoms with van der Waals surface area (Å²) in [5, 5.41) is 3.56. The molecule has 1 aliphatic carbocycles. The van der Waals surface area contributed by atoms with Gasteiger partial charge in [0.15, 0.2) is 0 Å². The number of hydrazine groups is 1. The minimum Gasteiger partial charge on any atom is -0.345 e. The predicted molar refractivity (Wildman–Crippen MR) is 91.8 cm³/mol. The second-order valence-electron chi connectivity index (χ2n) is 5.75. The van der Waals surface area contributed by atoms with Crippen LogP contribution in [0.3, 0.4) is 0 Å². The number of hydrogen-bond acceptors (Lipinski definition) is 3. The standard InChI is InChI=1S/C16H17BrN4O3/c1-9-14(17)11-4-2-3-5-12(11)21(9)8-13(22)19-20-16(24)15(23)18-10-6-7-10/h2-5,10H,6-8H2,1H3,(H,18,23)(H,19,22)(H,20,24). The average molecular weight is 393 g/mol. The highest BCUT2D eigenvalue weighted by atomic mass is 79.9. The Kier molecular flexibility index (Phi) is 4.57. The van der Waals surface area contributed by atoms with E-state index < -0.39 is 17.7 Å². The highest BCUT2D eigenvalue weighted by Crippen LogP contribution is 2.30. The molecule has 1 aromatic carbocycles. The van der Waals surface area contributed by atoms with E-state index in [1.165, 1.54) is 0 Å². The number of carbonyl (C=O) groups excluding carboxylic acids is 3. The van der Waals surface area contributed by atoms with Crippen LogP contribution >= 0.6 is 15.9 Å². The first kappa shape index (κ1) is 16.5. The van der Waals surface area contributed by atoms with Crippen LogP contribution < -0.4 is 16.2 Å². The molecule has 0 atom stereocenters. The molecular formula is C16H17BrN4O3. The number of fused-ring (bicyclic) bond motifs is 1. The van der Waals surface area contributed by atoms with Crippen molar-refractivity contribution in [1.29, 1.82) is 0 Å². The normalized spacial score (nSPS) is 13.6. The lowest BCUT2D eigenvalue weighted by Gasteiger charge is -2.10. The molecule has 0 bridgehead atoms. The summed E-state index contributed by atoms with van der Waals surface area (Å²) in [5.74, 6) is -2.02. The van der Waals surface area contributed by atoms with Gasteiger partial charge in [-0.05, 0) is 41.8 Å². The zero-order chi connectivity index (χ0) is 17.3. The van der Waals surface area contributed by atoms with Crippen molar-refractivity contribution in [3.63, 3.8) is 0 Å². The molecule has 3 rings (SSSR count). The molecule has 0 saturated heterocycles. The fraction of sp³-hybridized carbons (Fsp3) is 0.312. The maximum atomic E-state index is 12.1. The quantitative estimate of drug-likeness (QED) is 0.540. The maximum Gasteiger partial charge on any atom is 0.327 e. The molecule has 1 saturated carbocycles. The number of aromatic nitrogens is 1. The summed E-state index contributed by atoms with van der Waals surface area (Å²) in [6.45, 7) is 1.93. The number of benzene rings is 1. The molecule has 126 valence electrons. The van der Waals surface area contributed by atoms with E-state index in [1.807, 2.05) is 35.8 Å². The third kappa shape index (κ3) is 3.43. The zero-order valence-electron chi connectivity index (χ0n) is 13.1. The molecule has 3 amide bonds. The first-order valence-electron chi connectivity index (χ1n) is 7.60. The summed E-state index contributed by atoms with van der Waals surface area (Å²) in [6.07, 6.45) is 1.78. The Hall–Kier alpha value is -2.35. The molecule has 2 aromatic rings. The van der Waals surface area contributed by atoms with Crippen LogP contribution in [0.15, 0.2) is 28.7 Å². The minimum atomic E-state index is -0.870. The maximum absolute atomic E-state index is 12.1. The number of amides is 3. The van der Waals surface area contributed by atoms with E-state index in [1.54, 1.807) is 0 Å². The van der Waals surface area contributed by atoms with Gasteiger partial charge in [0.2, 0.25) is 0 Å². The van der Waals surface area contributed by atoms with Gasteiger partial charge in [0, 0.05) is 27.1 Å². The average Bonchev–Trinajstić information content (AvgIpc) is 3.36. The fourth-order valence-corrected chi connectivity index (χ4v) is 2.99. The van der Waals surface area contributed by atoms with Crippen molar-refractivity contribution >= 4 is 44.6 Å². The summed E-state index contributed by atoms with van der Waals surface area (Å²) in [7, 11) is 0. The fourth-order valence-electron chi connectivity index (χ4n) is 2.44. The Morgan fingerprint density at radius 1 is 1.17 bits per heavy atom. The molecule has 0 radical (unpaired) electrons.